The summed E-state index contributed by atoms with van der Waals surface area (Å²) in [5.41, 5.74) is 4.30. The van der Waals surface area contributed by atoms with Gasteiger partial charge < -0.3 is 0 Å². The second-order valence-electron chi connectivity index (χ2n) is 3.89. The zero-order valence-corrected chi connectivity index (χ0v) is 9.95. The van der Waals surface area contributed by atoms with E-state index in [1.165, 1.54) is 0 Å². The van der Waals surface area contributed by atoms with Gasteiger partial charge in [0.25, 0.3) is 6.54 Å². The zero-order valence-electron chi connectivity index (χ0n) is 9.95. The van der Waals surface area contributed by atoms with E-state index in [1.54, 1.807) is 0 Å². The standard InChI is InChI=1S/C14H15N2O2/c17-16(11-13-7-3-1-4-8-13)15-18-12-14-9-5-2-6-10-14/h1-10H,11-12H2,(H,15,17)/q+1. The van der Waals surface area contributed by atoms with Gasteiger partial charge in [-0.05, 0) is 11.2 Å². The Balaban J connectivity index is 1.73. The number of rotatable bonds is 6. The highest BCUT2D eigenvalue weighted by Crippen LogP contribution is 2.01. The van der Waals surface area contributed by atoms with Gasteiger partial charge in [0, 0.05) is 5.56 Å². The molecule has 0 saturated heterocycles. The van der Waals surface area contributed by atoms with Gasteiger partial charge in [0.15, 0.2) is 0 Å². The molecule has 0 aliphatic heterocycles. The Morgan fingerprint density at radius 2 is 1.44 bits per heavy atom. The topological polar surface area (TPSA) is 41.3 Å². The van der Waals surface area contributed by atoms with Crippen LogP contribution in [0.1, 0.15) is 11.1 Å². The molecule has 92 valence electrons. The molecule has 0 aromatic heterocycles. The van der Waals surface area contributed by atoms with Crippen molar-refractivity contribution in [3.05, 3.63) is 76.7 Å². The third-order valence-corrected chi connectivity index (χ3v) is 2.42. The summed E-state index contributed by atoms with van der Waals surface area (Å²) in [5, 5.41) is 0. The number of nitrogens with one attached hydrogen (secondary N) is 1. The number of hydrogen-bond acceptors (Lipinski definition) is 2. The van der Waals surface area contributed by atoms with Gasteiger partial charge in [0.1, 0.15) is 11.5 Å². The zero-order chi connectivity index (χ0) is 12.6. The molecule has 0 aliphatic carbocycles. The van der Waals surface area contributed by atoms with Crippen LogP contribution in [0.5, 0.6) is 0 Å². The lowest BCUT2D eigenvalue weighted by Gasteiger charge is -2.00. The molecule has 1 N–H and O–H groups in total. The maximum absolute atomic E-state index is 11.5. The van der Waals surface area contributed by atoms with Crippen molar-refractivity contribution in [2.45, 2.75) is 13.2 Å². The maximum atomic E-state index is 11.5. The molecule has 18 heavy (non-hydrogen) atoms. The Labute approximate surface area is 106 Å². The van der Waals surface area contributed by atoms with Crippen LogP contribution in [-0.4, -0.2) is 4.87 Å². The predicted octanol–water partition coefficient (Wildman–Crippen LogP) is 2.60. The van der Waals surface area contributed by atoms with E-state index in [2.05, 4.69) is 5.59 Å². The SMILES string of the molecule is O=[N+](Cc1ccccc1)NOCc1ccccc1. The molecule has 0 spiro atoms. The Hall–Kier alpha value is -2.20. The normalized spacial score (nSPS) is 10.0. The summed E-state index contributed by atoms with van der Waals surface area (Å²) in [6, 6.07) is 19.2. The third kappa shape index (κ3) is 3.99. The van der Waals surface area contributed by atoms with E-state index < -0.39 is 0 Å². The maximum Gasteiger partial charge on any atom is 0.252 e. The minimum Gasteiger partial charge on any atom is -0.220 e. The fourth-order valence-electron chi connectivity index (χ4n) is 1.54. The average Bonchev–Trinajstić information content (AvgIpc) is 2.41. The largest absolute Gasteiger partial charge is 0.252 e. The molecule has 2 rings (SSSR count). The van der Waals surface area contributed by atoms with Crippen molar-refractivity contribution in [2.75, 3.05) is 0 Å². The van der Waals surface area contributed by atoms with Gasteiger partial charge in [-0.1, -0.05) is 60.7 Å². The molecule has 2 aromatic rings. The Kier molecular flexibility index (Phi) is 4.44. The third-order valence-electron chi connectivity index (χ3n) is 2.42. The Morgan fingerprint density at radius 3 is 2.06 bits per heavy atom. The van der Waals surface area contributed by atoms with Crippen LogP contribution in [0.3, 0.4) is 0 Å². The highest BCUT2D eigenvalue weighted by molar-refractivity contribution is 5.13. The van der Waals surface area contributed by atoms with Crippen LogP contribution in [-0.2, 0) is 18.0 Å². The molecule has 0 saturated carbocycles. The number of hydrazine groups is 1. The van der Waals surface area contributed by atoms with Crippen LogP contribution in [0.25, 0.3) is 0 Å². The van der Waals surface area contributed by atoms with Crippen LogP contribution >= 0.6 is 0 Å². The minimum atomic E-state index is 0.246. The minimum absolute atomic E-state index is 0.246. The summed E-state index contributed by atoms with van der Waals surface area (Å²) in [6.45, 7) is 0.601. The molecular weight excluding hydrogens is 228 g/mol. The number of nitrogens with zero attached hydrogens (tertiary/aromatic N) is 1. The lowest BCUT2D eigenvalue weighted by atomic mass is 10.2. The summed E-state index contributed by atoms with van der Waals surface area (Å²) >= 11 is 0. The molecule has 0 unspecified atom stereocenters. The number of hydrogen-bond donors (Lipinski definition) is 1. The van der Waals surface area contributed by atoms with Gasteiger partial charge >= 0.3 is 0 Å². The molecular formula is C14H15N2O2+. The number of benzene rings is 2. The van der Waals surface area contributed by atoms with Crippen molar-refractivity contribution in [1.82, 2.24) is 5.59 Å². The summed E-state index contributed by atoms with van der Waals surface area (Å²) < 4.78 is 0. The molecule has 0 fully saturated rings. The van der Waals surface area contributed by atoms with Crippen LogP contribution in [0.15, 0.2) is 60.7 Å². The second-order valence-corrected chi connectivity index (χ2v) is 3.89. The molecule has 4 heteroatoms. The van der Waals surface area contributed by atoms with Crippen LogP contribution in [0.2, 0.25) is 0 Å². The average molecular weight is 243 g/mol. The first-order valence-corrected chi connectivity index (χ1v) is 5.74. The predicted molar refractivity (Wildman–Crippen MR) is 68.1 cm³/mol. The quantitative estimate of drug-likeness (QED) is 0.626. The first kappa shape index (κ1) is 12.3. The van der Waals surface area contributed by atoms with Crippen molar-refractivity contribution in [2.24, 2.45) is 0 Å². The van der Waals surface area contributed by atoms with Gasteiger partial charge in [-0.15, -0.1) is 0 Å². The van der Waals surface area contributed by atoms with E-state index in [0.717, 1.165) is 11.1 Å². The van der Waals surface area contributed by atoms with Crippen LogP contribution in [0, 0.1) is 4.91 Å². The van der Waals surface area contributed by atoms with E-state index in [-0.39, 0.29) is 6.54 Å². The van der Waals surface area contributed by atoms with Crippen molar-refractivity contribution < 1.29 is 9.71 Å². The summed E-state index contributed by atoms with van der Waals surface area (Å²) in [5.74, 6) is 0. The van der Waals surface area contributed by atoms with Crippen molar-refractivity contribution >= 4 is 0 Å². The van der Waals surface area contributed by atoms with Gasteiger partial charge in [-0.3, -0.25) is 0 Å². The molecule has 0 heterocycles. The van der Waals surface area contributed by atoms with Gasteiger partial charge in [0.05, 0.1) is 4.91 Å². The van der Waals surface area contributed by atoms with E-state index in [9.17, 15) is 4.91 Å². The van der Waals surface area contributed by atoms with Crippen LogP contribution in [0.4, 0.5) is 0 Å². The fraction of sp³-hybridized carbons (Fsp3) is 0.143. The highest BCUT2D eigenvalue weighted by Gasteiger charge is 2.08. The van der Waals surface area contributed by atoms with E-state index >= 15 is 0 Å². The Morgan fingerprint density at radius 1 is 0.889 bits per heavy atom. The highest BCUT2D eigenvalue weighted by atomic mass is 16.7. The molecule has 2 aromatic carbocycles. The molecule has 0 radical (unpaired) electrons. The van der Waals surface area contributed by atoms with Gasteiger partial charge in [-0.25, -0.2) is 4.84 Å². The Bertz CT molecular complexity index is 486. The van der Waals surface area contributed by atoms with Gasteiger partial charge in [-0.2, -0.15) is 0 Å². The van der Waals surface area contributed by atoms with E-state index in [4.69, 9.17) is 4.84 Å². The smallest absolute Gasteiger partial charge is 0.220 e. The van der Waals surface area contributed by atoms with Crippen molar-refractivity contribution in [1.29, 1.82) is 0 Å². The van der Waals surface area contributed by atoms with Gasteiger partial charge in [0.2, 0.25) is 0 Å². The first-order valence-electron chi connectivity index (χ1n) is 5.74. The lowest BCUT2D eigenvalue weighted by Crippen LogP contribution is -2.26. The monoisotopic (exact) mass is 243 g/mol. The van der Waals surface area contributed by atoms with E-state index in [1.807, 2.05) is 60.7 Å². The molecule has 0 amide bonds. The summed E-state index contributed by atoms with van der Waals surface area (Å²) in [6.07, 6.45) is 0. The number of nitroso groups, excluding NO2 is 1. The molecule has 0 atom stereocenters. The van der Waals surface area contributed by atoms with Crippen molar-refractivity contribution in [3.63, 3.8) is 0 Å². The second kappa shape index (κ2) is 6.51. The molecule has 0 bridgehead atoms. The summed E-state index contributed by atoms with van der Waals surface area (Å²) in [4.78, 5) is 17.3. The van der Waals surface area contributed by atoms with E-state index in [0.29, 0.717) is 11.5 Å². The van der Waals surface area contributed by atoms with Crippen molar-refractivity contribution in [3.8, 4) is 0 Å². The molecule has 0 aliphatic rings. The summed E-state index contributed by atoms with van der Waals surface area (Å²) in [7, 11) is 0. The van der Waals surface area contributed by atoms with Crippen LogP contribution < -0.4 is 5.59 Å². The lowest BCUT2D eigenvalue weighted by molar-refractivity contribution is -0.674. The first-order chi connectivity index (χ1) is 8.84. The fourth-order valence-corrected chi connectivity index (χ4v) is 1.54. The molecule has 4 nitrogen and oxygen atoms in total.